The first-order chi connectivity index (χ1) is 16.9. The van der Waals surface area contributed by atoms with E-state index >= 15 is 0 Å². The van der Waals surface area contributed by atoms with Crippen LogP contribution in [-0.4, -0.2) is 32.8 Å². The highest BCUT2D eigenvalue weighted by Crippen LogP contribution is 2.38. The van der Waals surface area contributed by atoms with Gasteiger partial charge in [-0.15, -0.1) is 11.6 Å². The molecule has 4 aromatic rings. The fourth-order valence-corrected chi connectivity index (χ4v) is 4.40. The van der Waals surface area contributed by atoms with E-state index in [2.05, 4.69) is 20.4 Å². The number of carbonyl (C=O) groups is 2. The lowest BCUT2D eigenvalue weighted by atomic mass is 10.0. The van der Waals surface area contributed by atoms with Crippen molar-refractivity contribution in [3.05, 3.63) is 78.2 Å². The zero-order valence-corrected chi connectivity index (χ0v) is 19.8. The molecule has 1 N–H and O–H groups in total. The standard InChI is InChI=1S/C25H22ClN5O4/c1-25(2)23-16(14-34-25)9-17(12-28-23)31(21(32)10-26)22(20-7-8-29-35-20)24(33)30-19-13-27-11-15-5-3-4-6-18(15)19/h3-9,11-13,22H,10,14H2,1-2H3,(H,30,33). The Hall–Kier alpha value is -3.82. The summed E-state index contributed by atoms with van der Waals surface area (Å²) in [6.07, 6.45) is 6.22. The van der Waals surface area contributed by atoms with E-state index in [1.54, 1.807) is 18.5 Å². The number of amides is 2. The molecule has 1 aliphatic heterocycles. The van der Waals surface area contributed by atoms with Crippen molar-refractivity contribution in [1.82, 2.24) is 15.1 Å². The number of halogens is 1. The average molecular weight is 492 g/mol. The second-order valence-electron chi connectivity index (χ2n) is 8.61. The highest BCUT2D eigenvalue weighted by molar-refractivity contribution is 6.30. The molecular formula is C25H22ClN5O4. The second kappa shape index (κ2) is 9.09. The molecule has 0 fully saturated rings. The molecule has 2 amide bonds. The van der Waals surface area contributed by atoms with Gasteiger partial charge in [0.15, 0.2) is 11.8 Å². The molecule has 1 unspecified atom stereocenters. The summed E-state index contributed by atoms with van der Waals surface area (Å²) >= 11 is 5.98. The topological polar surface area (TPSA) is 110 Å². The van der Waals surface area contributed by atoms with Gasteiger partial charge >= 0.3 is 0 Å². The zero-order chi connectivity index (χ0) is 24.6. The average Bonchev–Trinajstić information content (AvgIpc) is 3.50. The summed E-state index contributed by atoms with van der Waals surface area (Å²) in [7, 11) is 0. The third kappa shape index (κ3) is 4.24. The Morgan fingerprint density at radius 2 is 2.03 bits per heavy atom. The molecule has 10 heteroatoms. The Morgan fingerprint density at radius 1 is 1.20 bits per heavy atom. The van der Waals surface area contributed by atoms with Crippen LogP contribution in [-0.2, 0) is 26.5 Å². The second-order valence-corrected chi connectivity index (χ2v) is 8.88. The van der Waals surface area contributed by atoms with Gasteiger partial charge in [0.1, 0.15) is 11.5 Å². The number of rotatable bonds is 6. The van der Waals surface area contributed by atoms with E-state index in [0.717, 1.165) is 22.0 Å². The summed E-state index contributed by atoms with van der Waals surface area (Å²) in [6.45, 7) is 4.19. The third-order valence-corrected chi connectivity index (χ3v) is 6.16. The van der Waals surface area contributed by atoms with E-state index in [9.17, 15) is 9.59 Å². The van der Waals surface area contributed by atoms with Gasteiger partial charge in [0.25, 0.3) is 5.91 Å². The lowest BCUT2D eigenvalue weighted by molar-refractivity contribution is -0.123. The number of pyridine rings is 2. The molecule has 1 aliphatic rings. The van der Waals surface area contributed by atoms with Gasteiger partial charge in [-0.05, 0) is 19.9 Å². The van der Waals surface area contributed by atoms with E-state index < -0.39 is 23.5 Å². The van der Waals surface area contributed by atoms with Crippen LogP contribution in [0.4, 0.5) is 11.4 Å². The normalized spacial score (nSPS) is 14.9. The molecule has 5 rings (SSSR count). The smallest absolute Gasteiger partial charge is 0.255 e. The fourth-order valence-electron chi connectivity index (χ4n) is 4.27. The van der Waals surface area contributed by atoms with Crippen LogP contribution in [0, 0.1) is 0 Å². The fraction of sp³-hybridized carbons (Fsp3) is 0.240. The number of aromatic nitrogens is 3. The lowest BCUT2D eigenvalue weighted by Gasteiger charge is -2.29. The number of alkyl halides is 1. The van der Waals surface area contributed by atoms with Crippen molar-refractivity contribution in [3.63, 3.8) is 0 Å². The van der Waals surface area contributed by atoms with E-state index in [4.69, 9.17) is 20.9 Å². The number of carbonyl (C=O) groups excluding carboxylic acids is 2. The number of benzene rings is 1. The van der Waals surface area contributed by atoms with Gasteiger partial charge in [0.2, 0.25) is 5.91 Å². The monoisotopic (exact) mass is 491 g/mol. The van der Waals surface area contributed by atoms with Crippen molar-refractivity contribution < 1.29 is 18.8 Å². The molecule has 178 valence electrons. The van der Waals surface area contributed by atoms with Crippen molar-refractivity contribution in [3.8, 4) is 0 Å². The summed E-state index contributed by atoms with van der Waals surface area (Å²) in [4.78, 5) is 36.9. The number of nitrogens with zero attached hydrogens (tertiary/aromatic N) is 4. The van der Waals surface area contributed by atoms with Crippen molar-refractivity contribution in [2.75, 3.05) is 16.1 Å². The van der Waals surface area contributed by atoms with Gasteiger partial charge < -0.3 is 14.6 Å². The molecule has 1 aromatic carbocycles. The van der Waals surface area contributed by atoms with Gasteiger partial charge in [-0.3, -0.25) is 24.5 Å². The molecular weight excluding hydrogens is 470 g/mol. The van der Waals surface area contributed by atoms with Crippen LogP contribution in [0.25, 0.3) is 10.8 Å². The predicted octanol–water partition coefficient (Wildman–Crippen LogP) is 4.33. The van der Waals surface area contributed by atoms with Crippen LogP contribution in [0.3, 0.4) is 0 Å². The van der Waals surface area contributed by atoms with Gasteiger partial charge in [-0.2, -0.15) is 0 Å². The molecule has 3 aromatic heterocycles. The summed E-state index contributed by atoms with van der Waals surface area (Å²) in [6, 6.07) is 9.66. The van der Waals surface area contributed by atoms with Gasteiger partial charge in [-0.25, -0.2) is 0 Å². The van der Waals surface area contributed by atoms with Gasteiger partial charge in [0, 0.05) is 28.6 Å². The maximum Gasteiger partial charge on any atom is 0.255 e. The highest BCUT2D eigenvalue weighted by Gasteiger charge is 2.38. The minimum atomic E-state index is -1.20. The minimum Gasteiger partial charge on any atom is -0.365 e. The van der Waals surface area contributed by atoms with Crippen LogP contribution in [0.1, 0.15) is 36.9 Å². The Balaban J connectivity index is 1.57. The third-order valence-electron chi connectivity index (χ3n) is 5.93. The molecule has 0 saturated heterocycles. The molecule has 9 nitrogen and oxygen atoms in total. The predicted molar refractivity (Wildman–Crippen MR) is 130 cm³/mol. The van der Waals surface area contributed by atoms with Crippen LogP contribution in [0.15, 0.2) is 65.7 Å². The number of ether oxygens (including phenoxy) is 1. The molecule has 1 atom stereocenters. The Labute approximate surface area is 206 Å². The number of anilines is 2. The van der Waals surface area contributed by atoms with Crippen molar-refractivity contribution in [2.24, 2.45) is 0 Å². The molecule has 0 radical (unpaired) electrons. The lowest BCUT2D eigenvalue weighted by Crippen LogP contribution is -2.42. The molecule has 4 heterocycles. The van der Waals surface area contributed by atoms with Crippen molar-refractivity contribution in [2.45, 2.75) is 32.1 Å². The Bertz CT molecular complexity index is 1400. The van der Waals surface area contributed by atoms with Crippen LogP contribution < -0.4 is 10.2 Å². The Morgan fingerprint density at radius 3 is 2.80 bits per heavy atom. The minimum absolute atomic E-state index is 0.172. The number of hydrogen-bond acceptors (Lipinski definition) is 7. The van der Waals surface area contributed by atoms with E-state index in [0.29, 0.717) is 18.0 Å². The summed E-state index contributed by atoms with van der Waals surface area (Å²) in [5.41, 5.74) is 1.96. The summed E-state index contributed by atoms with van der Waals surface area (Å²) in [5, 5.41) is 8.31. The summed E-state index contributed by atoms with van der Waals surface area (Å²) < 4.78 is 11.2. The number of hydrogen-bond donors (Lipinski definition) is 1. The first kappa shape index (κ1) is 22.9. The maximum atomic E-state index is 13.7. The first-order valence-corrected chi connectivity index (χ1v) is 11.5. The van der Waals surface area contributed by atoms with E-state index in [1.165, 1.54) is 23.4 Å². The maximum absolute atomic E-state index is 13.7. The summed E-state index contributed by atoms with van der Waals surface area (Å²) in [5.74, 6) is -1.20. The van der Waals surface area contributed by atoms with Gasteiger partial charge in [-0.1, -0.05) is 29.4 Å². The molecule has 0 spiro atoms. The van der Waals surface area contributed by atoms with Crippen molar-refractivity contribution in [1.29, 1.82) is 0 Å². The molecule has 0 aliphatic carbocycles. The zero-order valence-electron chi connectivity index (χ0n) is 19.1. The van der Waals surface area contributed by atoms with E-state index in [-0.39, 0.29) is 11.6 Å². The van der Waals surface area contributed by atoms with Crippen LogP contribution in [0.2, 0.25) is 0 Å². The largest absolute Gasteiger partial charge is 0.365 e. The molecule has 0 bridgehead atoms. The quantitative estimate of drug-likeness (QED) is 0.399. The number of nitrogens with one attached hydrogen (secondary N) is 1. The Kier molecular flexibility index (Phi) is 5.96. The van der Waals surface area contributed by atoms with Crippen LogP contribution >= 0.6 is 11.6 Å². The molecule has 35 heavy (non-hydrogen) atoms. The van der Waals surface area contributed by atoms with Crippen molar-refractivity contribution >= 4 is 45.6 Å². The van der Waals surface area contributed by atoms with Crippen LogP contribution in [0.5, 0.6) is 0 Å². The number of fused-ring (bicyclic) bond motifs is 2. The van der Waals surface area contributed by atoms with E-state index in [1.807, 2.05) is 38.1 Å². The highest BCUT2D eigenvalue weighted by atomic mass is 35.5. The molecule has 0 saturated carbocycles. The SMILES string of the molecule is CC1(C)OCc2cc(N(C(=O)CCl)C(C(=O)Nc3cncc4ccccc34)c3ccno3)cnc21. The van der Waals surface area contributed by atoms with Gasteiger partial charge in [0.05, 0.1) is 42.3 Å². The first-order valence-electron chi connectivity index (χ1n) is 10.9.